The van der Waals surface area contributed by atoms with E-state index < -0.39 is 42.4 Å². The molecule has 0 bridgehead atoms. The van der Waals surface area contributed by atoms with Gasteiger partial charge in [-0.25, -0.2) is 16.8 Å². The number of anilines is 1. The lowest BCUT2D eigenvalue weighted by Gasteiger charge is -2.26. The number of non-ortho nitro benzene ring substituents is 1. The summed E-state index contributed by atoms with van der Waals surface area (Å²) in [5, 5.41) is 10.9. The van der Waals surface area contributed by atoms with Gasteiger partial charge in [0.1, 0.15) is 18.0 Å². The van der Waals surface area contributed by atoms with Gasteiger partial charge in [0.2, 0.25) is 10.0 Å². The maximum Gasteiger partial charge on any atom is 0.273 e. The molecule has 0 amide bonds. The molecule has 3 aromatic rings. The number of hydrogen-bond acceptors (Lipinski definition) is 8. The quantitative estimate of drug-likeness (QED) is 0.184. The summed E-state index contributed by atoms with van der Waals surface area (Å²) in [5.41, 5.74) is 0.262. The number of rotatable bonds is 8. The van der Waals surface area contributed by atoms with Gasteiger partial charge in [0, 0.05) is 11.6 Å². The van der Waals surface area contributed by atoms with Crippen LogP contribution in [0.5, 0.6) is 11.5 Å². The van der Waals surface area contributed by atoms with Gasteiger partial charge in [-0.2, -0.15) is 3.71 Å². The van der Waals surface area contributed by atoms with Gasteiger partial charge in [0.25, 0.3) is 5.69 Å². The highest BCUT2D eigenvalue weighted by atomic mass is 32.3. The van der Waals surface area contributed by atoms with Crippen LogP contribution in [0.2, 0.25) is 0 Å². The number of para-hydroxylation sites is 1. The van der Waals surface area contributed by atoms with E-state index in [0.717, 1.165) is 29.2 Å². The molecule has 0 atom stereocenters. The van der Waals surface area contributed by atoms with Gasteiger partial charge in [-0.1, -0.05) is 48.5 Å². The fourth-order valence-electron chi connectivity index (χ4n) is 3.06. The maximum absolute atomic E-state index is 11.8. The molecule has 36 heavy (non-hydrogen) atoms. The third kappa shape index (κ3) is 8.92. The molecule has 0 aliphatic rings. The minimum absolute atomic E-state index is 0.154. The lowest BCUT2D eigenvalue weighted by atomic mass is 10.2. The van der Waals surface area contributed by atoms with E-state index >= 15 is 0 Å². The lowest BCUT2D eigenvalue weighted by molar-refractivity contribution is -0.884. The summed E-state index contributed by atoms with van der Waals surface area (Å²) < 4.78 is 63.7. The smallest absolute Gasteiger partial charge is 0.273 e. The average molecular weight is 538 g/mol. The summed E-state index contributed by atoms with van der Waals surface area (Å²) in [5.74, 6) is -0.328. The van der Waals surface area contributed by atoms with Crippen LogP contribution >= 0.6 is 0 Å². The number of quaternary nitrogens is 1. The molecule has 0 saturated carbocycles. The first-order valence-corrected chi connectivity index (χ1v) is 13.6. The molecule has 0 radical (unpaired) electrons. The second-order valence-corrected chi connectivity index (χ2v) is 12.0. The van der Waals surface area contributed by atoms with Crippen molar-refractivity contribution in [2.75, 3.05) is 31.1 Å². The number of benzene rings is 3. The van der Waals surface area contributed by atoms with Crippen LogP contribution in [0.4, 0.5) is 11.4 Å². The molecule has 11 nitrogen and oxygen atoms in total. The molecule has 0 N–H and O–H groups in total. The van der Waals surface area contributed by atoms with Gasteiger partial charge in [-0.15, -0.1) is 0 Å². The van der Waals surface area contributed by atoms with Crippen LogP contribution in [-0.4, -0.2) is 58.2 Å². The zero-order valence-electron chi connectivity index (χ0n) is 20.1. The molecule has 13 heteroatoms. The SMILES string of the molecule is CS(=O)(=O)N(c1ccc([N+](=O)[O-])cc1Oc1ccccc1)S(=O)(=O)[O-].C[N+](C)(C)Cc1ccccc1. The highest BCUT2D eigenvalue weighted by molar-refractivity contribution is 8.07. The first-order chi connectivity index (χ1) is 16.6. The Labute approximate surface area is 210 Å². The first kappa shape index (κ1) is 28.7. The third-order valence-corrected chi connectivity index (χ3v) is 7.09. The Balaban J connectivity index is 0.000000346. The van der Waals surface area contributed by atoms with E-state index in [4.69, 9.17) is 4.74 Å². The second-order valence-electron chi connectivity index (χ2n) is 8.68. The van der Waals surface area contributed by atoms with Gasteiger partial charge in [-0.05, 0) is 18.2 Å². The predicted molar refractivity (Wildman–Crippen MR) is 135 cm³/mol. The van der Waals surface area contributed by atoms with E-state index in [2.05, 4.69) is 51.5 Å². The van der Waals surface area contributed by atoms with E-state index in [-0.39, 0.29) is 9.46 Å². The van der Waals surface area contributed by atoms with Gasteiger partial charge < -0.3 is 13.8 Å². The predicted octanol–water partition coefficient (Wildman–Crippen LogP) is 3.51. The van der Waals surface area contributed by atoms with E-state index in [1.165, 1.54) is 17.7 Å². The van der Waals surface area contributed by atoms with Crippen molar-refractivity contribution in [3.05, 3.63) is 94.5 Å². The topological polar surface area (TPSA) is 147 Å². The molecule has 194 valence electrons. The Kier molecular flexibility index (Phi) is 9.15. The van der Waals surface area contributed by atoms with E-state index in [1.807, 2.05) is 0 Å². The Morgan fingerprint density at radius 1 is 0.889 bits per heavy atom. The molecular formula is C23H27N3O8S2. The zero-order valence-corrected chi connectivity index (χ0v) is 21.8. The van der Waals surface area contributed by atoms with E-state index in [1.54, 1.807) is 18.2 Å². The van der Waals surface area contributed by atoms with Crippen molar-refractivity contribution in [1.82, 2.24) is 0 Å². The van der Waals surface area contributed by atoms with Crippen molar-refractivity contribution in [2.45, 2.75) is 6.54 Å². The standard InChI is InChI=1S/C13H12N2O8S2.C10H16N/c1-24(18,19)15(25(20,21)22)12-8-7-10(14(16)17)9-13(12)23-11-5-3-2-4-6-11;1-11(2,3)9-10-7-5-4-6-8-10/h2-9H,1H3,(H,20,21,22);4-8H,9H2,1-3H3/q;+1/p-1. The number of nitrogens with zero attached hydrogens (tertiary/aromatic N) is 3. The van der Waals surface area contributed by atoms with Crippen molar-refractivity contribution in [3.63, 3.8) is 0 Å². The summed E-state index contributed by atoms with van der Waals surface area (Å²) in [6.07, 6.45) is 0.510. The Hall–Kier alpha value is -3.52. The summed E-state index contributed by atoms with van der Waals surface area (Å²) in [6, 6.07) is 20.8. The molecule has 3 aromatic carbocycles. The zero-order chi connectivity index (χ0) is 27.1. The third-order valence-electron chi connectivity index (χ3n) is 4.33. The molecule has 0 fully saturated rings. The Morgan fingerprint density at radius 2 is 1.42 bits per heavy atom. The Bertz CT molecular complexity index is 1360. The minimum atomic E-state index is -5.48. The van der Waals surface area contributed by atoms with Crippen LogP contribution in [0.15, 0.2) is 78.9 Å². The molecule has 0 aliphatic carbocycles. The monoisotopic (exact) mass is 537 g/mol. The first-order valence-electron chi connectivity index (χ1n) is 10.4. The van der Waals surface area contributed by atoms with E-state index in [0.29, 0.717) is 6.26 Å². The van der Waals surface area contributed by atoms with Crippen molar-refractivity contribution in [2.24, 2.45) is 0 Å². The number of nitro groups is 1. The molecule has 0 aliphatic heterocycles. The summed E-state index contributed by atoms with van der Waals surface area (Å²) in [4.78, 5) is 10.1. The van der Waals surface area contributed by atoms with Crippen molar-refractivity contribution >= 4 is 31.7 Å². The van der Waals surface area contributed by atoms with Crippen LogP contribution < -0.4 is 8.45 Å². The van der Waals surface area contributed by atoms with Crippen molar-refractivity contribution in [1.29, 1.82) is 0 Å². The van der Waals surface area contributed by atoms with Crippen LogP contribution in [0.1, 0.15) is 5.56 Å². The molecular weight excluding hydrogens is 510 g/mol. The van der Waals surface area contributed by atoms with Crippen LogP contribution in [0, 0.1) is 10.1 Å². The number of hydrogen-bond donors (Lipinski definition) is 0. The molecule has 3 rings (SSSR count). The molecule has 0 spiro atoms. The van der Waals surface area contributed by atoms with Gasteiger partial charge in [-0.3, -0.25) is 10.1 Å². The van der Waals surface area contributed by atoms with Crippen LogP contribution in [0.25, 0.3) is 0 Å². The number of sulfonamides is 1. The minimum Gasteiger partial charge on any atom is -0.730 e. The number of nitro benzene ring substituents is 1. The highest BCUT2D eigenvalue weighted by Gasteiger charge is 2.28. The number of ether oxygens (including phenoxy) is 1. The highest BCUT2D eigenvalue weighted by Crippen LogP contribution is 2.37. The summed E-state index contributed by atoms with van der Waals surface area (Å²) >= 11 is 0. The maximum atomic E-state index is 11.8. The molecule has 0 unspecified atom stereocenters. The largest absolute Gasteiger partial charge is 0.730 e. The van der Waals surface area contributed by atoms with Crippen molar-refractivity contribution < 1.29 is 35.5 Å². The average Bonchev–Trinajstić information content (AvgIpc) is 2.73. The molecule has 0 heterocycles. The van der Waals surface area contributed by atoms with E-state index in [9.17, 15) is 31.5 Å². The molecule has 0 saturated heterocycles. The van der Waals surface area contributed by atoms with Crippen molar-refractivity contribution in [3.8, 4) is 11.5 Å². The van der Waals surface area contributed by atoms with Gasteiger partial charge >= 0.3 is 0 Å². The van der Waals surface area contributed by atoms with Gasteiger partial charge in [0.15, 0.2) is 16.1 Å². The lowest BCUT2D eigenvalue weighted by Crippen LogP contribution is -2.36. The second kappa shape index (κ2) is 11.5. The summed E-state index contributed by atoms with van der Waals surface area (Å²) in [6.45, 7) is 1.10. The fourth-order valence-corrected chi connectivity index (χ4v) is 5.29. The molecule has 0 aromatic heterocycles. The normalized spacial score (nSPS) is 11.7. The summed E-state index contributed by atoms with van der Waals surface area (Å²) in [7, 11) is -3.41. The van der Waals surface area contributed by atoms with Crippen LogP contribution in [-0.2, 0) is 26.9 Å². The van der Waals surface area contributed by atoms with Crippen LogP contribution in [0.3, 0.4) is 0 Å². The Morgan fingerprint density at radius 3 is 1.86 bits per heavy atom. The fraction of sp³-hybridized carbons (Fsp3) is 0.217. The van der Waals surface area contributed by atoms with Gasteiger partial charge in [0.05, 0.1) is 38.4 Å².